The Hall–Kier alpha value is -2.72. The molecule has 0 spiro atoms. The van der Waals surface area contributed by atoms with E-state index in [0.29, 0.717) is 37.1 Å². The van der Waals surface area contributed by atoms with Crippen LogP contribution in [0.3, 0.4) is 0 Å². The number of anilines is 1. The predicted molar refractivity (Wildman–Crippen MR) is 123 cm³/mol. The largest absolute Gasteiger partial charge is 0.497 e. The van der Waals surface area contributed by atoms with Crippen LogP contribution >= 0.6 is 11.3 Å². The van der Waals surface area contributed by atoms with Gasteiger partial charge in [0.25, 0.3) is 0 Å². The number of amides is 2. The molecule has 0 saturated heterocycles. The quantitative estimate of drug-likeness (QED) is 0.507. The molecular formula is C22H32N4O5S. The fourth-order valence-electron chi connectivity index (χ4n) is 3.11. The van der Waals surface area contributed by atoms with Crippen LogP contribution in [-0.4, -0.2) is 66.4 Å². The summed E-state index contributed by atoms with van der Waals surface area (Å²) in [7, 11) is 1.62. The standard InChI is InChI=1S/C22H32N4O5S/c1-6-30-13-16(3)31-20-10-18(8-7-9-19(20)29-5)15(2)11-26(17(4)27)12-21(28)24-22-25-23-14-32-22/h7-8,10,14-16H,6,9,11-13H2,1-5H3,(H,24,25,28)/t15-,16?/m1/s1. The first-order valence-corrected chi connectivity index (χ1v) is 11.4. The van der Waals surface area contributed by atoms with Gasteiger partial charge < -0.3 is 19.1 Å². The molecule has 1 unspecified atom stereocenters. The number of nitrogens with one attached hydrogen (secondary N) is 1. The molecule has 0 bridgehead atoms. The number of hydrogen-bond acceptors (Lipinski definition) is 8. The third-order valence-corrected chi connectivity index (χ3v) is 5.37. The highest BCUT2D eigenvalue weighted by Crippen LogP contribution is 2.25. The first kappa shape index (κ1) is 25.5. The van der Waals surface area contributed by atoms with Gasteiger partial charge in [0, 0.05) is 26.5 Å². The second-order valence-electron chi connectivity index (χ2n) is 7.42. The summed E-state index contributed by atoms with van der Waals surface area (Å²) < 4.78 is 17.1. The van der Waals surface area contributed by atoms with E-state index in [2.05, 4.69) is 15.5 Å². The van der Waals surface area contributed by atoms with E-state index < -0.39 is 0 Å². The molecule has 2 amide bonds. The molecule has 1 aromatic rings. The smallest absolute Gasteiger partial charge is 0.245 e. The van der Waals surface area contributed by atoms with E-state index in [1.165, 1.54) is 28.7 Å². The molecule has 1 aliphatic carbocycles. The van der Waals surface area contributed by atoms with Crippen LogP contribution in [0.5, 0.6) is 0 Å². The topological polar surface area (TPSA) is 103 Å². The number of aromatic nitrogens is 2. The highest BCUT2D eigenvalue weighted by Gasteiger charge is 2.21. The van der Waals surface area contributed by atoms with Crippen LogP contribution in [0.4, 0.5) is 5.13 Å². The summed E-state index contributed by atoms with van der Waals surface area (Å²) in [6.07, 6.45) is 6.41. The summed E-state index contributed by atoms with van der Waals surface area (Å²) in [5.74, 6) is 0.838. The molecule has 1 aromatic heterocycles. The van der Waals surface area contributed by atoms with Crippen molar-refractivity contribution in [2.75, 3.05) is 38.7 Å². The van der Waals surface area contributed by atoms with Crippen LogP contribution in [0.15, 0.2) is 40.8 Å². The number of allylic oxidation sites excluding steroid dienone is 3. The van der Waals surface area contributed by atoms with Crippen molar-refractivity contribution in [3.63, 3.8) is 0 Å². The molecule has 1 aliphatic rings. The zero-order valence-electron chi connectivity index (χ0n) is 19.3. The third kappa shape index (κ3) is 8.08. The number of methoxy groups -OCH3 is 1. The van der Waals surface area contributed by atoms with Crippen LogP contribution in [0, 0.1) is 5.92 Å². The van der Waals surface area contributed by atoms with Gasteiger partial charge in [0.05, 0.1) is 20.3 Å². The first-order chi connectivity index (χ1) is 15.3. The summed E-state index contributed by atoms with van der Waals surface area (Å²) >= 11 is 1.22. The average Bonchev–Trinajstić information content (AvgIpc) is 3.17. The third-order valence-electron chi connectivity index (χ3n) is 4.77. The van der Waals surface area contributed by atoms with Gasteiger partial charge in [-0.3, -0.25) is 14.9 Å². The van der Waals surface area contributed by atoms with Crippen LogP contribution in [0.25, 0.3) is 0 Å². The second-order valence-corrected chi connectivity index (χ2v) is 8.26. The zero-order chi connectivity index (χ0) is 23.5. The van der Waals surface area contributed by atoms with Crippen LogP contribution in [-0.2, 0) is 23.8 Å². The van der Waals surface area contributed by atoms with Crippen LogP contribution in [0.2, 0.25) is 0 Å². The molecule has 0 saturated carbocycles. The minimum atomic E-state index is -0.315. The van der Waals surface area contributed by atoms with Gasteiger partial charge in [-0.15, -0.1) is 10.2 Å². The van der Waals surface area contributed by atoms with Gasteiger partial charge in [-0.25, -0.2) is 0 Å². The molecule has 0 aliphatic heterocycles. The van der Waals surface area contributed by atoms with Gasteiger partial charge >= 0.3 is 0 Å². The van der Waals surface area contributed by atoms with E-state index >= 15 is 0 Å². The zero-order valence-corrected chi connectivity index (χ0v) is 20.1. The van der Waals surface area contributed by atoms with Crippen molar-refractivity contribution < 1.29 is 23.8 Å². The Balaban J connectivity index is 2.09. The monoisotopic (exact) mass is 464 g/mol. The molecule has 32 heavy (non-hydrogen) atoms. The van der Waals surface area contributed by atoms with Crippen molar-refractivity contribution in [2.24, 2.45) is 5.92 Å². The fourth-order valence-corrected chi connectivity index (χ4v) is 3.57. The summed E-state index contributed by atoms with van der Waals surface area (Å²) in [6.45, 7) is 8.75. The van der Waals surface area contributed by atoms with E-state index in [4.69, 9.17) is 14.2 Å². The van der Waals surface area contributed by atoms with Crippen LogP contribution < -0.4 is 5.32 Å². The normalized spacial score (nSPS) is 15.5. The molecule has 0 aromatic carbocycles. The molecule has 0 radical (unpaired) electrons. The van der Waals surface area contributed by atoms with E-state index in [9.17, 15) is 9.59 Å². The minimum Gasteiger partial charge on any atom is -0.497 e. The second kappa shape index (κ2) is 13.0. The van der Waals surface area contributed by atoms with Crippen molar-refractivity contribution in [2.45, 2.75) is 40.2 Å². The first-order valence-electron chi connectivity index (χ1n) is 10.5. The lowest BCUT2D eigenvalue weighted by atomic mass is 9.99. The Bertz CT molecular complexity index is 851. The van der Waals surface area contributed by atoms with Gasteiger partial charge in [0.1, 0.15) is 17.4 Å². The molecule has 9 nitrogen and oxygen atoms in total. The van der Waals surface area contributed by atoms with E-state index in [0.717, 1.165) is 11.3 Å². The molecular weight excluding hydrogens is 432 g/mol. The number of rotatable bonds is 12. The lowest BCUT2D eigenvalue weighted by molar-refractivity contribution is -0.133. The van der Waals surface area contributed by atoms with Crippen molar-refractivity contribution in [3.05, 3.63) is 40.8 Å². The minimum absolute atomic E-state index is 0.0403. The highest BCUT2D eigenvalue weighted by atomic mass is 32.1. The summed E-state index contributed by atoms with van der Waals surface area (Å²) in [5, 5.41) is 10.5. The Morgan fingerprint density at radius 1 is 1.34 bits per heavy atom. The van der Waals surface area contributed by atoms with E-state index in [1.54, 1.807) is 7.11 Å². The molecule has 10 heteroatoms. The van der Waals surface area contributed by atoms with E-state index in [-0.39, 0.29) is 30.4 Å². The maximum atomic E-state index is 12.3. The van der Waals surface area contributed by atoms with Crippen molar-refractivity contribution >= 4 is 28.3 Å². The van der Waals surface area contributed by atoms with Gasteiger partial charge in [-0.05, 0) is 31.4 Å². The molecule has 2 atom stereocenters. The summed E-state index contributed by atoms with van der Waals surface area (Å²) in [6, 6.07) is 0. The number of hydrogen-bond donors (Lipinski definition) is 1. The molecule has 176 valence electrons. The number of carbonyl (C=O) groups is 2. The summed E-state index contributed by atoms with van der Waals surface area (Å²) in [5.41, 5.74) is 2.51. The van der Waals surface area contributed by atoms with Crippen molar-refractivity contribution in [3.8, 4) is 0 Å². The molecule has 0 fully saturated rings. The molecule has 1 heterocycles. The summed E-state index contributed by atoms with van der Waals surface area (Å²) in [4.78, 5) is 26.0. The number of ether oxygens (including phenoxy) is 3. The van der Waals surface area contributed by atoms with Gasteiger partial charge in [-0.1, -0.05) is 30.4 Å². The van der Waals surface area contributed by atoms with Crippen molar-refractivity contribution in [1.82, 2.24) is 15.1 Å². The lowest BCUT2D eigenvalue weighted by Crippen LogP contribution is -2.39. The maximum Gasteiger partial charge on any atom is 0.245 e. The predicted octanol–water partition coefficient (Wildman–Crippen LogP) is 3.15. The van der Waals surface area contributed by atoms with Crippen molar-refractivity contribution in [1.29, 1.82) is 0 Å². The number of carbonyl (C=O) groups excluding carboxylic acids is 2. The maximum absolute atomic E-state index is 12.3. The van der Waals surface area contributed by atoms with Crippen LogP contribution in [0.1, 0.15) is 34.1 Å². The fraction of sp³-hybridized carbons (Fsp3) is 0.545. The van der Waals surface area contributed by atoms with Gasteiger partial charge in [0.15, 0.2) is 5.76 Å². The molecule has 1 N–H and O–H groups in total. The molecule has 2 rings (SSSR count). The van der Waals surface area contributed by atoms with Gasteiger partial charge in [0.2, 0.25) is 16.9 Å². The average molecular weight is 465 g/mol. The SMILES string of the molecule is CCOCC(C)OC1=C(OC)CC=CC([C@H](C)CN(CC(=O)Nc2nncs2)C(C)=O)=C1. The lowest BCUT2D eigenvalue weighted by Gasteiger charge is -2.25. The highest BCUT2D eigenvalue weighted by molar-refractivity contribution is 7.13. The Morgan fingerprint density at radius 3 is 2.75 bits per heavy atom. The van der Waals surface area contributed by atoms with Gasteiger partial charge in [-0.2, -0.15) is 0 Å². The van der Waals surface area contributed by atoms with E-state index in [1.807, 2.05) is 39.0 Å². The Kier molecular flexibility index (Phi) is 10.4. The number of nitrogens with zero attached hydrogens (tertiary/aromatic N) is 3. The Morgan fingerprint density at radius 2 is 2.12 bits per heavy atom. The Labute approximate surface area is 193 Å².